The Labute approximate surface area is 87.3 Å². The molecule has 0 heterocycles. The summed E-state index contributed by atoms with van der Waals surface area (Å²) in [4.78, 5) is 11.2. The normalized spacial score (nSPS) is 11.5. The molecule has 0 fully saturated rings. The van der Waals surface area contributed by atoms with E-state index < -0.39 is 0 Å². The topological polar surface area (TPSA) is 26.3 Å². The van der Waals surface area contributed by atoms with Crippen molar-refractivity contribution in [3.05, 3.63) is 11.6 Å². The van der Waals surface area contributed by atoms with E-state index in [-0.39, 0.29) is 5.97 Å². The van der Waals surface area contributed by atoms with Crippen LogP contribution < -0.4 is 0 Å². The van der Waals surface area contributed by atoms with Crippen molar-refractivity contribution in [2.75, 3.05) is 6.61 Å². The highest BCUT2D eigenvalue weighted by Gasteiger charge is 2.01. The molecule has 14 heavy (non-hydrogen) atoms. The van der Waals surface area contributed by atoms with Crippen molar-refractivity contribution >= 4 is 5.97 Å². The van der Waals surface area contributed by atoms with Crippen molar-refractivity contribution in [2.24, 2.45) is 0 Å². The third kappa shape index (κ3) is 7.84. The Bertz CT molecular complexity index is 183. The molecule has 0 aromatic heterocycles. The number of ether oxygens (including phenoxy) is 1. The van der Waals surface area contributed by atoms with Gasteiger partial charge in [0.25, 0.3) is 0 Å². The van der Waals surface area contributed by atoms with Crippen molar-refractivity contribution in [3.63, 3.8) is 0 Å². The van der Waals surface area contributed by atoms with E-state index in [2.05, 4.69) is 6.92 Å². The first-order chi connectivity index (χ1) is 6.70. The second kappa shape index (κ2) is 8.79. The van der Waals surface area contributed by atoms with Crippen molar-refractivity contribution in [1.82, 2.24) is 0 Å². The standard InChI is InChI=1S/C12H22O2/c1-4-6-7-8-9-12(13)14-10-11(3)5-2/h5H,4,6-10H2,1-3H3. The molecule has 2 heteroatoms. The lowest BCUT2D eigenvalue weighted by atomic mass is 10.1. The van der Waals surface area contributed by atoms with Gasteiger partial charge in [-0.3, -0.25) is 4.79 Å². The number of unbranched alkanes of at least 4 members (excludes halogenated alkanes) is 3. The molecule has 0 N–H and O–H groups in total. The summed E-state index contributed by atoms with van der Waals surface area (Å²) in [7, 11) is 0. The van der Waals surface area contributed by atoms with Gasteiger partial charge in [0.05, 0.1) is 0 Å². The maximum atomic E-state index is 11.2. The van der Waals surface area contributed by atoms with Crippen molar-refractivity contribution in [3.8, 4) is 0 Å². The zero-order valence-corrected chi connectivity index (χ0v) is 9.64. The monoisotopic (exact) mass is 198 g/mol. The summed E-state index contributed by atoms with van der Waals surface area (Å²) in [5.41, 5.74) is 1.10. The lowest BCUT2D eigenvalue weighted by Gasteiger charge is -2.04. The van der Waals surface area contributed by atoms with Gasteiger partial charge in [0.2, 0.25) is 0 Å². The van der Waals surface area contributed by atoms with Crippen LogP contribution in [0, 0.1) is 0 Å². The number of carbonyl (C=O) groups excluding carboxylic acids is 1. The smallest absolute Gasteiger partial charge is 0.306 e. The minimum Gasteiger partial charge on any atom is -0.461 e. The van der Waals surface area contributed by atoms with E-state index in [1.165, 1.54) is 12.8 Å². The molecule has 0 rings (SSSR count). The fourth-order valence-electron chi connectivity index (χ4n) is 1.05. The molecule has 0 saturated carbocycles. The maximum Gasteiger partial charge on any atom is 0.306 e. The minimum atomic E-state index is -0.0673. The van der Waals surface area contributed by atoms with Gasteiger partial charge in [-0.15, -0.1) is 0 Å². The van der Waals surface area contributed by atoms with Crippen molar-refractivity contribution in [1.29, 1.82) is 0 Å². The summed E-state index contributed by atoms with van der Waals surface area (Å²) in [6.07, 6.45) is 7.03. The number of allylic oxidation sites excluding steroid dienone is 1. The summed E-state index contributed by atoms with van der Waals surface area (Å²) >= 11 is 0. The number of hydrogen-bond acceptors (Lipinski definition) is 2. The van der Waals surface area contributed by atoms with E-state index in [0.717, 1.165) is 18.4 Å². The van der Waals surface area contributed by atoms with Gasteiger partial charge in [-0.05, 0) is 25.8 Å². The molecule has 82 valence electrons. The average molecular weight is 198 g/mol. The van der Waals surface area contributed by atoms with Gasteiger partial charge in [0.1, 0.15) is 6.61 Å². The molecule has 0 spiro atoms. The Hall–Kier alpha value is -0.790. The van der Waals surface area contributed by atoms with Gasteiger partial charge < -0.3 is 4.74 Å². The highest BCUT2D eigenvalue weighted by molar-refractivity contribution is 5.69. The summed E-state index contributed by atoms with van der Waals surface area (Å²) in [6, 6.07) is 0. The molecule has 0 bridgehead atoms. The predicted octanol–water partition coefficient (Wildman–Crippen LogP) is 3.47. The van der Waals surface area contributed by atoms with Crippen LogP contribution in [0.15, 0.2) is 11.6 Å². The van der Waals surface area contributed by atoms with E-state index in [1.54, 1.807) is 0 Å². The lowest BCUT2D eigenvalue weighted by Crippen LogP contribution is -2.06. The molecule has 0 aliphatic rings. The second-order valence-electron chi connectivity index (χ2n) is 3.61. The SMILES string of the molecule is CC=C(C)COC(=O)CCCCCC. The molecule has 0 saturated heterocycles. The summed E-state index contributed by atoms with van der Waals surface area (Å²) in [6.45, 7) is 6.52. The zero-order chi connectivity index (χ0) is 10.8. The lowest BCUT2D eigenvalue weighted by molar-refractivity contribution is -0.142. The quantitative estimate of drug-likeness (QED) is 0.356. The van der Waals surface area contributed by atoms with Crippen molar-refractivity contribution in [2.45, 2.75) is 52.9 Å². The van der Waals surface area contributed by atoms with Crippen LogP contribution in [0.1, 0.15) is 52.9 Å². The molecular weight excluding hydrogens is 176 g/mol. The highest BCUT2D eigenvalue weighted by Crippen LogP contribution is 2.04. The first kappa shape index (κ1) is 13.2. The van der Waals surface area contributed by atoms with E-state index in [4.69, 9.17) is 4.74 Å². The molecule has 0 aromatic rings. The molecule has 0 aliphatic carbocycles. The summed E-state index contributed by atoms with van der Waals surface area (Å²) < 4.78 is 5.07. The van der Waals surface area contributed by atoms with Crippen molar-refractivity contribution < 1.29 is 9.53 Å². The summed E-state index contributed by atoms with van der Waals surface area (Å²) in [5.74, 6) is -0.0673. The molecular formula is C12H22O2. The van der Waals surface area contributed by atoms with Crippen LogP contribution in [0.5, 0.6) is 0 Å². The third-order valence-corrected chi connectivity index (χ3v) is 2.19. The molecule has 0 radical (unpaired) electrons. The van der Waals surface area contributed by atoms with Gasteiger partial charge in [-0.1, -0.05) is 32.3 Å². The number of hydrogen-bond donors (Lipinski definition) is 0. The second-order valence-corrected chi connectivity index (χ2v) is 3.61. The predicted molar refractivity (Wildman–Crippen MR) is 59.1 cm³/mol. The van der Waals surface area contributed by atoms with Gasteiger partial charge in [-0.2, -0.15) is 0 Å². The van der Waals surface area contributed by atoms with E-state index >= 15 is 0 Å². The van der Waals surface area contributed by atoms with Crippen LogP contribution >= 0.6 is 0 Å². The Morgan fingerprint density at radius 1 is 1.29 bits per heavy atom. The largest absolute Gasteiger partial charge is 0.461 e. The zero-order valence-electron chi connectivity index (χ0n) is 9.64. The first-order valence-electron chi connectivity index (χ1n) is 5.48. The van der Waals surface area contributed by atoms with Gasteiger partial charge >= 0.3 is 5.97 Å². The van der Waals surface area contributed by atoms with Crippen LogP contribution in [0.4, 0.5) is 0 Å². The van der Waals surface area contributed by atoms with Gasteiger partial charge in [-0.25, -0.2) is 0 Å². The number of rotatable bonds is 7. The fraction of sp³-hybridized carbons (Fsp3) is 0.750. The van der Waals surface area contributed by atoms with Crippen LogP contribution in [-0.4, -0.2) is 12.6 Å². The Morgan fingerprint density at radius 2 is 2.00 bits per heavy atom. The molecule has 2 nitrogen and oxygen atoms in total. The fourth-order valence-corrected chi connectivity index (χ4v) is 1.05. The average Bonchev–Trinajstić information content (AvgIpc) is 2.21. The Balaban J connectivity index is 3.37. The van der Waals surface area contributed by atoms with Crippen LogP contribution in [-0.2, 0) is 9.53 Å². The third-order valence-electron chi connectivity index (χ3n) is 2.19. The number of esters is 1. The van der Waals surface area contributed by atoms with Crippen LogP contribution in [0.2, 0.25) is 0 Å². The molecule has 0 unspecified atom stereocenters. The summed E-state index contributed by atoms with van der Waals surface area (Å²) in [5, 5.41) is 0. The Morgan fingerprint density at radius 3 is 2.57 bits per heavy atom. The molecule has 0 aliphatic heterocycles. The molecule has 0 aromatic carbocycles. The number of carbonyl (C=O) groups is 1. The van der Waals surface area contributed by atoms with Gasteiger partial charge in [0, 0.05) is 6.42 Å². The van der Waals surface area contributed by atoms with Gasteiger partial charge in [0.15, 0.2) is 0 Å². The van der Waals surface area contributed by atoms with E-state index in [0.29, 0.717) is 13.0 Å². The van der Waals surface area contributed by atoms with Crippen LogP contribution in [0.3, 0.4) is 0 Å². The minimum absolute atomic E-state index is 0.0673. The molecule has 0 amide bonds. The van der Waals surface area contributed by atoms with E-state index in [9.17, 15) is 4.79 Å². The highest BCUT2D eigenvalue weighted by atomic mass is 16.5. The van der Waals surface area contributed by atoms with E-state index in [1.807, 2.05) is 19.9 Å². The maximum absolute atomic E-state index is 11.2. The molecule has 0 atom stereocenters. The Kier molecular flexibility index (Phi) is 8.30. The first-order valence-corrected chi connectivity index (χ1v) is 5.48. The van der Waals surface area contributed by atoms with Crippen LogP contribution in [0.25, 0.3) is 0 Å².